The Hall–Kier alpha value is -1.86. The molecule has 1 amide bonds. The fraction of sp³-hybridized carbons (Fsp3) is 0.500. The van der Waals surface area contributed by atoms with E-state index in [2.05, 4.69) is 16.3 Å². The molecule has 0 saturated carbocycles. The molecule has 0 radical (unpaired) electrons. The van der Waals surface area contributed by atoms with Crippen molar-refractivity contribution in [2.75, 3.05) is 19.6 Å². The molecular weight excluding hydrogens is 250 g/mol. The summed E-state index contributed by atoms with van der Waals surface area (Å²) in [5.41, 5.74) is 1.08. The normalized spacial score (nSPS) is 18.2. The van der Waals surface area contributed by atoms with E-state index in [0.29, 0.717) is 6.04 Å². The minimum atomic E-state index is -0.0754. The van der Waals surface area contributed by atoms with Gasteiger partial charge in [0.1, 0.15) is 0 Å². The van der Waals surface area contributed by atoms with Crippen LogP contribution in [0.25, 0.3) is 0 Å². The Bertz CT molecular complexity index is 472. The molecule has 0 bridgehead atoms. The number of carbonyl (C=O) groups is 1. The number of nitrogens with one attached hydrogen (secondary N) is 1. The molecule has 4 heteroatoms. The Balaban J connectivity index is 1.85. The Morgan fingerprint density at radius 3 is 2.60 bits per heavy atom. The molecule has 4 nitrogen and oxygen atoms in total. The van der Waals surface area contributed by atoms with E-state index in [-0.39, 0.29) is 11.8 Å². The maximum Gasteiger partial charge on any atom is 0.217 e. The molecule has 20 heavy (non-hydrogen) atoms. The number of rotatable bonds is 4. The highest BCUT2D eigenvalue weighted by Gasteiger charge is 2.22. The molecule has 0 aliphatic carbocycles. The van der Waals surface area contributed by atoms with E-state index >= 15 is 0 Å². The molecule has 1 atom stereocenters. The first-order chi connectivity index (χ1) is 9.69. The lowest BCUT2D eigenvalue weighted by Crippen LogP contribution is -2.44. The minimum Gasteiger partial charge on any atom is -0.354 e. The average Bonchev–Trinajstić information content (AvgIpc) is 2.47. The molecule has 1 saturated heterocycles. The number of carbonyl (C=O) groups excluding carboxylic acids is 1. The first-order valence-electron chi connectivity index (χ1n) is 7.13. The quantitative estimate of drug-likeness (QED) is 0.910. The fourth-order valence-corrected chi connectivity index (χ4v) is 2.71. The number of benzene rings is 1. The summed E-state index contributed by atoms with van der Waals surface area (Å²) in [7, 11) is 0. The van der Waals surface area contributed by atoms with Crippen molar-refractivity contribution in [1.29, 1.82) is 5.26 Å². The van der Waals surface area contributed by atoms with Gasteiger partial charge in [-0.2, -0.15) is 5.26 Å². The van der Waals surface area contributed by atoms with Gasteiger partial charge >= 0.3 is 0 Å². The molecule has 106 valence electrons. The predicted octanol–water partition coefficient (Wildman–Crippen LogP) is 1.89. The largest absolute Gasteiger partial charge is 0.354 e. The summed E-state index contributed by atoms with van der Waals surface area (Å²) in [5.74, 6) is -0.0313. The monoisotopic (exact) mass is 271 g/mol. The average molecular weight is 271 g/mol. The van der Waals surface area contributed by atoms with Crippen molar-refractivity contribution in [3.63, 3.8) is 0 Å². The molecule has 0 spiro atoms. The zero-order valence-corrected chi connectivity index (χ0v) is 11.9. The van der Waals surface area contributed by atoms with Crippen LogP contribution < -0.4 is 5.32 Å². The number of hydrogen-bond donors (Lipinski definition) is 1. The maximum atomic E-state index is 11.0. The lowest BCUT2D eigenvalue weighted by Gasteiger charge is -2.33. The second-order valence-corrected chi connectivity index (χ2v) is 5.37. The molecule has 1 aliphatic rings. The van der Waals surface area contributed by atoms with Crippen LogP contribution in [0.15, 0.2) is 30.3 Å². The van der Waals surface area contributed by atoms with Gasteiger partial charge in [-0.15, -0.1) is 0 Å². The summed E-state index contributed by atoms with van der Waals surface area (Å²) in [6.45, 7) is 4.21. The third kappa shape index (κ3) is 4.07. The van der Waals surface area contributed by atoms with Crippen LogP contribution in [0.3, 0.4) is 0 Å². The van der Waals surface area contributed by atoms with Gasteiger partial charge < -0.3 is 10.2 Å². The van der Waals surface area contributed by atoms with Crippen LogP contribution in [-0.2, 0) is 4.79 Å². The van der Waals surface area contributed by atoms with Gasteiger partial charge in [0.2, 0.25) is 5.91 Å². The summed E-state index contributed by atoms with van der Waals surface area (Å²) in [6.07, 6.45) is 1.93. The number of amides is 1. The molecule has 1 aromatic carbocycles. The van der Waals surface area contributed by atoms with Gasteiger partial charge in [0, 0.05) is 32.6 Å². The number of piperidine rings is 1. The van der Waals surface area contributed by atoms with Crippen molar-refractivity contribution in [3.8, 4) is 6.07 Å². The summed E-state index contributed by atoms with van der Waals surface area (Å²) in [5, 5.41) is 12.3. The second-order valence-electron chi connectivity index (χ2n) is 5.37. The van der Waals surface area contributed by atoms with Crippen LogP contribution >= 0.6 is 0 Å². The van der Waals surface area contributed by atoms with Crippen molar-refractivity contribution in [3.05, 3.63) is 35.9 Å². The molecule has 2 rings (SSSR count). The Morgan fingerprint density at radius 2 is 2.05 bits per heavy atom. The van der Waals surface area contributed by atoms with E-state index in [4.69, 9.17) is 0 Å². The van der Waals surface area contributed by atoms with Gasteiger partial charge in [-0.05, 0) is 18.4 Å². The summed E-state index contributed by atoms with van der Waals surface area (Å²) < 4.78 is 0. The predicted molar refractivity (Wildman–Crippen MR) is 78.1 cm³/mol. The molecule has 0 aromatic heterocycles. The Morgan fingerprint density at radius 1 is 1.40 bits per heavy atom. The smallest absolute Gasteiger partial charge is 0.217 e. The van der Waals surface area contributed by atoms with E-state index in [1.165, 1.54) is 0 Å². The zero-order chi connectivity index (χ0) is 14.4. The van der Waals surface area contributed by atoms with Crippen LogP contribution in [0, 0.1) is 11.3 Å². The van der Waals surface area contributed by atoms with Crippen LogP contribution in [0.4, 0.5) is 0 Å². The Labute approximate surface area is 120 Å². The maximum absolute atomic E-state index is 11.0. The first kappa shape index (κ1) is 14.5. The fourth-order valence-electron chi connectivity index (χ4n) is 2.71. The van der Waals surface area contributed by atoms with Crippen molar-refractivity contribution in [2.24, 2.45) is 0 Å². The number of nitrogens with zero attached hydrogens (tertiary/aromatic N) is 2. The van der Waals surface area contributed by atoms with Crippen molar-refractivity contribution >= 4 is 5.91 Å². The van der Waals surface area contributed by atoms with E-state index in [0.717, 1.165) is 38.0 Å². The van der Waals surface area contributed by atoms with Crippen LogP contribution in [-0.4, -0.2) is 36.5 Å². The standard InChI is InChI=1S/C16H21N3O/c1-13(20)18-16-7-9-19(10-8-16)12-15(11-17)14-5-3-2-4-6-14/h2-6,15-16H,7-10,12H2,1H3,(H,18,20). The molecule has 1 aromatic rings. The Kier molecular flexibility index (Phi) is 5.14. The second kappa shape index (κ2) is 7.06. The van der Waals surface area contributed by atoms with E-state index in [1.54, 1.807) is 6.92 Å². The SMILES string of the molecule is CC(=O)NC1CCN(CC(C#N)c2ccccc2)CC1. The first-order valence-corrected chi connectivity index (χ1v) is 7.13. The topological polar surface area (TPSA) is 56.1 Å². The number of hydrogen-bond acceptors (Lipinski definition) is 3. The summed E-state index contributed by atoms with van der Waals surface area (Å²) >= 11 is 0. The van der Waals surface area contributed by atoms with Gasteiger partial charge in [0.25, 0.3) is 0 Å². The highest BCUT2D eigenvalue weighted by atomic mass is 16.1. The lowest BCUT2D eigenvalue weighted by molar-refractivity contribution is -0.119. The molecule has 1 fully saturated rings. The molecule has 1 unspecified atom stereocenters. The van der Waals surface area contributed by atoms with Crippen molar-refractivity contribution in [1.82, 2.24) is 10.2 Å². The number of nitriles is 1. The van der Waals surface area contributed by atoms with Gasteiger partial charge in [-0.1, -0.05) is 30.3 Å². The van der Waals surface area contributed by atoms with Crippen molar-refractivity contribution < 1.29 is 4.79 Å². The lowest BCUT2D eigenvalue weighted by atomic mass is 9.98. The summed E-state index contributed by atoms with van der Waals surface area (Å²) in [4.78, 5) is 13.4. The van der Waals surface area contributed by atoms with E-state index in [1.807, 2.05) is 30.3 Å². The molecule has 1 aliphatic heterocycles. The summed E-state index contributed by atoms with van der Waals surface area (Å²) in [6, 6.07) is 12.6. The van der Waals surface area contributed by atoms with Gasteiger partial charge in [-0.25, -0.2) is 0 Å². The minimum absolute atomic E-state index is 0.0441. The number of likely N-dealkylation sites (tertiary alicyclic amines) is 1. The van der Waals surface area contributed by atoms with E-state index in [9.17, 15) is 10.1 Å². The molecule has 1 N–H and O–H groups in total. The molecular formula is C16H21N3O. The molecule has 1 heterocycles. The third-order valence-electron chi connectivity index (χ3n) is 3.79. The van der Waals surface area contributed by atoms with Gasteiger partial charge in [0.05, 0.1) is 12.0 Å². The van der Waals surface area contributed by atoms with Crippen molar-refractivity contribution in [2.45, 2.75) is 31.7 Å². The van der Waals surface area contributed by atoms with Gasteiger partial charge in [0.15, 0.2) is 0 Å². The van der Waals surface area contributed by atoms with E-state index < -0.39 is 0 Å². The highest BCUT2D eigenvalue weighted by molar-refractivity contribution is 5.73. The van der Waals surface area contributed by atoms with Crippen LogP contribution in [0.5, 0.6) is 0 Å². The van der Waals surface area contributed by atoms with Crippen LogP contribution in [0.1, 0.15) is 31.2 Å². The van der Waals surface area contributed by atoms with Crippen LogP contribution in [0.2, 0.25) is 0 Å². The third-order valence-corrected chi connectivity index (χ3v) is 3.79. The highest BCUT2D eigenvalue weighted by Crippen LogP contribution is 2.19. The van der Waals surface area contributed by atoms with Gasteiger partial charge in [-0.3, -0.25) is 4.79 Å². The zero-order valence-electron chi connectivity index (χ0n) is 11.9.